The second-order valence-corrected chi connectivity index (χ2v) is 16.8. The first-order valence-electron chi connectivity index (χ1n) is 24.7. The van der Waals surface area contributed by atoms with Gasteiger partial charge in [-0.05, 0) is 57.8 Å². The summed E-state index contributed by atoms with van der Waals surface area (Å²) >= 11 is 0. The van der Waals surface area contributed by atoms with Crippen molar-refractivity contribution in [3.8, 4) is 0 Å². The number of nitrogens with one attached hydrogen (secondary N) is 1. The van der Waals surface area contributed by atoms with Crippen LogP contribution in [0.5, 0.6) is 0 Å². The Labute approximate surface area is 353 Å². The molecular weight excluding hydrogens is 707 g/mol. The number of amides is 1. The van der Waals surface area contributed by atoms with Gasteiger partial charge < -0.3 is 20.3 Å². The third kappa shape index (κ3) is 40.6. The molecule has 3 unspecified atom stereocenters. The second kappa shape index (κ2) is 45.2. The quantitative estimate of drug-likeness (QED) is 0.0324. The molecule has 0 aliphatic carbocycles. The van der Waals surface area contributed by atoms with Crippen molar-refractivity contribution < 1.29 is 24.5 Å². The van der Waals surface area contributed by atoms with Crippen LogP contribution in [0.1, 0.15) is 252 Å². The van der Waals surface area contributed by atoms with Gasteiger partial charge in [-0.3, -0.25) is 9.59 Å². The summed E-state index contributed by atoms with van der Waals surface area (Å²) in [7, 11) is 0. The summed E-state index contributed by atoms with van der Waals surface area (Å²) in [5, 5.41) is 23.7. The number of hydrogen-bond acceptors (Lipinski definition) is 5. The van der Waals surface area contributed by atoms with E-state index in [0.29, 0.717) is 19.3 Å². The number of carbonyl (C=O) groups excluding carboxylic acids is 2. The van der Waals surface area contributed by atoms with Gasteiger partial charge in [-0.25, -0.2) is 0 Å². The van der Waals surface area contributed by atoms with Crippen LogP contribution in [0, 0.1) is 0 Å². The molecule has 334 valence electrons. The summed E-state index contributed by atoms with van der Waals surface area (Å²) in [5.74, 6) is -0.509. The summed E-state index contributed by atoms with van der Waals surface area (Å²) in [6.07, 6.45) is 52.1. The first kappa shape index (κ1) is 55.1. The molecular formula is C51H95NO5. The van der Waals surface area contributed by atoms with Crippen molar-refractivity contribution in [1.82, 2.24) is 5.32 Å². The molecule has 0 spiro atoms. The highest BCUT2D eigenvalue weighted by atomic mass is 16.5. The number of esters is 1. The molecule has 3 atom stereocenters. The van der Waals surface area contributed by atoms with E-state index in [1.807, 2.05) is 0 Å². The Kier molecular flexibility index (Phi) is 43.6. The lowest BCUT2D eigenvalue weighted by molar-refractivity contribution is -0.151. The molecule has 6 nitrogen and oxygen atoms in total. The molecule has 0 bridgehead atoms. The Bertz CT molecular complexity index is 946. The smallest absolute Gasteiger partial charge is 0.306 e. The van der Waals surface area contributed by atoms with Crippen LogP contribution in [-0.4, -0.2) is 46.9 Å². The third-order valence-corrected chi connectivity index (χ3v) is 11.2. The highest BCUT2D eigenvalue weighted by molar-refractivity contribution is 5.77. The van der Waals surface area contributed by atoms with Gasteiger partial charge in [0, 0.05) is 6.42 Å². The average Bonchev–Trinajstić information content (AvgIpc) is 3.20. The Morgan fingerprint density at radius 3 is 1.42 bits per heavy atom. The molecule has 0 aromatic carbocycles. The maximum Gasteiger partial charge on any atom is 0.306 e. The van der Waals surface area contributed by atoms with E-state index in [0.717, 1.165) is 77.0 Å². The zero-order valence-electron chi connectivity index (χ0n) is 38.0. The van der Waals surface area contributed by atoms with Crippen molar-refractivity contribution in [2.75, 3.05) is 6.61 Å². The number of allylic oxidation sites excluding steroid dienone is 6. The second-order valence-electron chi connectivity index (χ2n) is 16.8. The van der Waals surface area contributed by atoms with Crippen molar-refractivity contribution in [3.05, 3.63) is 36.5 Å². The van der Waals surface area contributed by atoms with Crippen LogP contribution in [0.3, 0.4) is 0 Å². The summed E-state index contributed by atoms with van der Waals surface area (Å²) in [5.41, 5.74) is 0. The lowest BCUT2D eigenvalue weighted by Crippen LogP contribution is -2.46. The fraction of sp³-hybridized carbons (Fsp3) is 0.843. The first-order chi connectivity index (χ1) is 28.0. The molecule has 0 saturated carbocycles. The van der Waals surface area contributed by atoms with E-state index in [2.05, 4.69) is 62.5 Å². The van der Waals surface area contributed by atoms with Gasteiger partial charge in [0.2, 0.25) is 5.91 Å². The maximum atomic E-state index is 13.1. The molecule has 0 fully saturated rings. The Hall–Kier alpha value is -1.92. The van der Waals surface area contributed by atoms with Gasteiger partial charge in [-0.2, -0.15) is 0 Å². The maximum absolute atomic E-state index is 13.1. The topological polar surface area (TPSA) is 95.9 Å². The summed E-state index contributed by atoms with van der Waals surface area (Å²) in [4.78, 5) is 26.0. The van der Waals surface area contributed by atoms with E-state index in [9.17, 15) is 19.8 Å². The molecule has 1 amide bonds. The zero-order chi connectivity index (χ0) is 41.7. The Morgan fingerprint density at radius 1 is 0.526 bits per heavy atom. The third-order valence-electron chi connectivity index (χ3n) is 11.2. The first-order valence-corrected chi connectivity index (χ1v) is 24.7. The molecule has 57 heavy (non-hydrogen) atoms. The van der Waals surface area contributed by atoms with Gasteiger partial charge in [-0.1, -0.05) is 218 Å². The van der Waals surface area contributed by atoms with Crippen LogP contribution < -0.4 is 5.32 Å². The van der Waals surface area contributed by atoms with Gasteiger partial charge in [-0.15, -0.1) is 0 Å². The number of unbranched alkanes of at least 4 members (excludes halogenated alkanes) is 26. The van der Waals surface area contributed by atoms with Crippen molar-refractivity contribution in [1.29, 1.82) is 0 Å². The van der Waals surface area contributed by atoms with E-state index in [4.69, 9.17) is 4.74 Å². The van der Waals surface area contributed by atoms with Crippen molar-refractivity contribution in [3.63, 3.8) is 0 Å². The molecule has 3 N–H and O–H groups in total. The highest BCUT2D eigenvalue weighted by Crippen LogP contribution is 2.17. The fourth-order valence-electron chi connectivity index (χ4n) is 7.50. The fourth-order valence-corrected chi connectivity index (χ4v) is 7.50. The van der Waals surface area contributed by atoms with Gasteiger partial charge in [0.25, 0.3) is 0 Å². The molecule has 0 heterocycles. The van der Waals surface area contributed by atoms with Gasteiger partial charge in [0.05, 0.1) is 25.2 Å². The Balaban J connectivity index is 4.49. The van der Waals surface area contributed by atoms with Gasteiger partial charge >= 0.3 is 5.97 Å². The SMILES string of the molecule is CC/C=C/C/C=C/C/C=C/CCCCC(CC(=O)NC(CO)C(O)CCCCCCCCCCCCCCCCCCC)OC(=O)CCCCCCCCCCC. The lowest BCUT2D eigenvalue weighted by atomic mass is 10.0. The molecule has 6 heteroatoms. The molecule has 0 aliphatic heterocycles. The largest absolute Gasteiger partial charge is 0.462 e. The van der Waals surface area contributed by atoms with Gasteiger partial charge in [0.1, 0.15) is 6.10 Å². The number of carbonyl (C=O) groups is 2. The van der Waals surface area contributed by atoms with E-state index >= 15 is 0 Å². The summed E-state index contributed by atoms with van der Waals surface area (Å²) in [6.45, 7) is 6.35. The van der Waals surface area contributed by atoms with Crippen molar-refractivity contribution in [2.24, 2.45) is 0 Å². The molecule has 0 rings (SSSR count). The number of ether oxygens (including phenoxy) is 1. The minimum Gasteiger partial charge on any atom is -0.462 e. The number of hydrogen-bond donors (Lipinski definition) is 3. The van der Waals surface area contributed by atoms with E-state index in [1.54, 1.807) is 0 Å². The molecule has 0 aliphatic rings. The zero-order valence-corrected chi connectivity index (χ0v) is 38.0. The van der Waals surface area contributed by atoms with Gasteiger partial charge in [0.15, 0.2) is 0 Å². The summed E-state index contributed by atoms with van der Waals surface area (Å²) < 4.78 is 5.88. The number of rotatable bonds is 44. The molecule has 0 radical (unpaired) electrons. The molecule has 0 aromatic rings. The van der Waals surface area contributed by atoms with Crippen molar-refractivity contribution in [2.45, 2.75) is 270 Å². The van der Waals surface area contributed by atoms with Crippen LogP contribution in [0.4, 0.5) is 0 Å². The van der Waals surface area contributed by atoms with Crippen LogP contribution in [-0.2, 0) is 14.3 Å². The Morgan fingerprint density at radius 2 is 0.947 bits per heavy atom. The predicted octanol–water partition coefficient (Wildman–Crippen LogP) is 14.5. The standard InChI is InChI=1S/C51H95NO5/c1-4-7-10-13-16-19-21-23-24-25-26-27-29-32-34-37-40-43-49(54)48(46-53)52-50(55)45-47(42-39-36-33-31-28-22-20-17-14-11-8-5-2)57-51(56)44-41-38-35-30-18-15-12-9-6-3/h8,11,17,20,28,31,47-49,53-54H,4-7,9-10,12-16,18-19,21-27,29-30,32-46H2,1-3H3,(H,52,55)/b11-8+,20-17+,31-28+. The predicted molar refractivity (Wildman–Crippen MR) is 246 cm³/mol. The number of aliphatic hydroxyl groups excluding tert-OH is 2. The van der Waals surface area contributed by atoms with Crippen LogP contribution in [0.15, 0.2) is 36.5 Å². The van der Waals surface area contributed by atoms with E-state index in [1.165, 1.54) is 128 Å². The number of aliphatic hydroxyl groups is 2. The van der Waals surface area contributed by atoms with Crippen molar-refractivity contribution >= 4 is 11.9 Å². The highest BCUT2D eigenvalue weighted by Gasteiger charge is 2.24. The lowest BCUT2D eigenvalue weighted by Gasteiger charge is -2.24. The molecule has 0 aromatic heterocycles. The summed E-state index contributed by atoms with van der Waals surface area (Å²) in [6, 6.07) is -0.710. The van der Waals surface area contributed by atoms with Crippen LogP contribution in [0.2, 0.25) is 0 Å². The average molecular weight is 802 g/mol. The minimum atomic E-state index is -0.794. The monoisotopic (exact) mass is 802 g/mol. The normalized spacial score (nSPS) is 13.6. The van der Waals surface area contributed by atoms with Crippen LogP contribution in [0.25, 0.3) is 0 Å². The van der Waals surface area contributed by atoms with E-state index < -0.39 is 18.2 Å². The minimum absolute atomic E-state index is 0.0545. The van der Waals surface area contributed by atoms with Crippen LogP contribution >= 0.6 is 0 Å². The van der Waals surface area contributed by atoms with E-state index in [-0.39, 0.29) is 24.9 Å². The molecule has 0 saturated heterocycles.